The average molecular weight is 332 g/mol. The molecule has 24 heavy (non-hydrogen) atoms. The van der Waals surface area contributed by atoms with Crippen molar-refractivity contribution in [3.05, 3.63) is 35.9 Å². The van der Waals surface area contributed by atoms with E-state index in [0.717, 1.165) is 64.9 Å². The summed E-state index contributed by atoms with van der Waals surface area (Å²) in [6.45, 7) is 11.7. The third kappa shape index (κ3) is 6.49. The van der Waals surface area contributed by atoms with Crippen LogP contribution in [0.25, 0.3) is 0 Å². The van der Waals surface area contributed by atoms with E-state index in [1.54, 1.807) is 0 Å². The topological polar surface area (TPSA) is 48.9 Å². The van der Waals surface area contributed by atoms with Gasteiger partial charge in [-0.1, -0.05) is 37.3 Å². The predicted molar refractivity (Wildman–Crippen MR) is 101 cm³/mol. The Bertz CT molecular complexity index is 472. The molecule has 0 aromatic heterocycles. The van der Waals surface area contributed by atoms with Crippen LogP contribution in [0.4, 0.5) is 0 Å². The van der Waals surface area contributed by atoms with E-state index in [1.165, 1.54) is 5.56 Å². The molecule has 1 aromatic rings. The maximum atomic E-state index is 5.39. The predicted octanol–water partition coefficient (Wildman–Crippen LogP) is 2.07. The van der Waals surface area contributed by atoms with Crippen LogP contribution in [0.15, 0.2) is 35.3 Å². The first-order valence-electron chi connectivity index (χ1n) is 9.20. The van der Waals surface area contributed by atoms with Crippen LogP contribution in [0.5, 0.6) is 0 Å². The van der Waals surface area contributed by atoms with Gasteiger partial charge in [0.25, 0.3) is 0 Å². The highest BCUT2D eigenvalue weighted by Crippen LogP contribution is 2.19. The molecule has 5 heteroatoms. The number of aliphatic imine (C=N–C) groups is 1. The molecule has 0 spiro atoms. The van der Waals surface area contributed by atoms with Gasteiger partial charge < -0.3 is 15.4 Å². The van der Waals surface area contributed by atoms with E-state index in [9.17, 15) is 0 Å². The first-order chi connectivity index (χ1) is 11.8. The van der Waals surface area contributed by atoms with Crippen LogP contribution in [-0.2, 0) is 4.74 Å². The fraction of sp³-hybridized carbons (Fsp3) is 0.632. The zero-order valence-corrected chi connectivity index (χ0v) is 15.1. The molecule has 0 bridgehead atoms. The summed E-state index contributed by atoms with van der Waals surface area (Å²) in [5.74, 6) is 1.39. The fourth-order valence-corrected chi connectivity index (χ4v) is 2.90. The summed E-state index contributed by atoms with van der Waals surface area (Å²) < 4.78 is 5.39. The van der Waals surface area contributed by atoms with Crippen molar-refractivity contribution in [2.75, 3.05) is 52.5 Å². The van der Waals surface area contributed by atoms with E-state index in [0.29, 0.717) is 5.92 Å². The van der Waals surface area contributed by atoms with Crippen molar-refractivity contribution in [3.8, 4) is 0 Å². The number of nitrogens with one attached hydrogen (secondary N) is 2. The molecule has 134 valence electrons. The summed E-state index contributed by atoms with van der Waals surface area (Å²) in [6.07, 6.45) is 1.10. The molecule has 2 N–H and O–H groups in total. The number of rotatable bonds is 8. The van der Waals surface area contributed by atoms with Crippen molar-refractivity contribution in [1.82, 2.24) is 15.5 Å². The summed E-state index contributed by atoms with van der Waals surface area (Å²) in [6, 6.07) is 10.7. The number of nitrogens with zero attached hydrogens (tertiary/aromatic N) is 2. The second kappa shape index (κ2) is 11.0. The molecule has 1 fully saturated rings. The van der Waals surface area contributed by atoms with E-state index in [2.05, 4.69) is 59.7 Å². The van der Waals surface area contributed by atoms with Crippen molar-refractivity contribution >= 4 is 5.96 Å². The van der Waals surface area contributed by atoms with Gasteiger partial charge in [0.1, 0.15) is 0 Å². The smallest absolute Gasteiger partial charge is 0.191 e. The van der Waals surface area contributed by atoms with E-state index in [1.807, 2.05) is 0 Å². The van der Waals surface area contributed by atoms with Gasteiger partial charge in [0.05, 0.1) is 13.2 Å². The first-order valence-corrected chi connectivity index (χ1v) is 9.20. The van der Waals surface area contributed by atoms with Crippen LogP contribution in [0.2, 0.25) is 0 Å². The quantitative estimate of drug-likeness (QED) is 0.565. The minimum absolute atomic E-state index is 0.473. The normalized spacial score (nSPS) is 17.5. The highest BCUT2D eigenvalue weighted by atomic mass is 16.5. The van der Waals surface area contributed by atoms with Crippen molar-refractivity contribution in [3.63, 3.8) is 0 Å². The molecular formula is C19H32N4O. The van der Waals surface area contributed by atoms with Crippen LogP contribution in [-0.4, -0.2) is 63.3 Å². The number of guanidine groups is 1. The monoisotopic (exact) mass is 332 g/mol. The Morgan fingerprint density at radius 1 is 1.17 bits per heavy atom. The van der Waals surface area contributed by atoms with Gasteiger partial charge in [-0.25, -0.2) is 0 Å². The third-order valence-electron chi connectivity index (χ3n) is 4.40. The minimum Gasteiger partial charge on any atom is -0.379 e. The summed E-state index contributed by atoms with van der Waals surface area (Å²) in [5.41, 5.74) is 1.37. The van der Waals surface area contributed by atoms with Crippen LogP contribution in [0.1, 0.15) is 31.7 Å². The Morgan fingerprint density at radius 3 is 2.58 bits per heavy atom. The molecule has 0 aliphatic carbocycles. The fourth-order valence-electron chi connectivity index (χ4n) is 2.90. The Labute approximate surface area is 146 Å². The summed E-state index contributed by atoms with van der Waals surface area (Å²) >= 11 is 0. The molecule has 1 aromatic carbocycles. The van der Waals surface area contributed by atoms with Gasteiger partial charge in [0.2, 0.25) is 0 Å². The van der Waals surface area contributed by atoms with Gasteiger partial charge in [0, 0.05) is 45.2 Å². The number of hydrogen-bond donors (Lipinski definition) is 2. The molecule has 1 atom stereocenters. The molecule has 0 saturated carbocycles. The van der Waals surface area contributed by atoms with Crippen LogP contribution in [0.3, 0.4) is 0 Å². The highest BCUT2D eigenvalue weighted by Gasteiger charge is 2.11. The Hall–Kier alpha value is -1.59. The van der Waals surface area contributed by atoms with Gasteiger partial charge in [-0.15, -0.1) is 0 Å². The second-order valence-electron chi connectivity index (χ2n) is 6.12. The zero-order valence-electron chi connectivity index (χ0n) is 15.1. The minimum atomic E-state index is 0.473. The number of hydrogen-bond acceptors (Lipinski definition) is 3. The lowest BCUT2D eigenvalue weighted by molar-refractivity contribution is 0.0389. The lowest BCUT2D eigenvalue weighted by Gasteiger charge is -2.26. The molecule has 2 rings (SSSR count). The maximum absolute atomic E-state index is 5.39. The molecule has 1 aliphatic rings. The summed E-state index contributed by atoms with van der Waals surface area (Å²) in [5, 5.41) is 6.80. The average Bonchev–Trinajstić information content (AvgIpc) is 2.64. The molecule has 1 saturated heterocycles. The van der Waals surface area contributed by atoms with Gasteiger partial charge in [-0.05, 0) is 18.9 Å². The van der Waals surface area contributed by atoms with E-state index < -0.39 is 0 Å². The van der Waals surface area contributed by atoms with Gasteiger partial charge in [-0.3, -0.25) is 9.89 Å². The molecular weight excluding hydrogens is 300 g/mol. The van der Waals surface area contributed by atoms with Crippen molar-refractivity contribution in [2.24, 2.45) is 4.99 Å². The first kappa shape index (κ1) is 18.7. The van der Waals surface area contributed by atoms with Gasteiger partial charge >= 0.3 is 0 Å². The standard InChI is InChI=1S/C19H32N4O/c1-3-17(18-8-6-5-7-9-18)16-22-19(20-4-2)21-10-11-23-12-14-24-15-13-23/h5-9,17H,3-4,10-16H2,1-2H3,(H2,20,21,22). The van der Waals surface area contributed by atoms with E-state index in [4.69, 9.17) is 9.73 Å². The van der Waals surface area contributed by atoms with Gasteiger partial charge in [0.15, 0.2) is 5.96 Å². The third-order valence-corrected chi connectivity index (χ3v) is 4.40. The second-order valence-corrected chi connectivity index (χ2v) is 6.12. The lowest BCUT2D eigenvalue weighted by Crippen LogP contribution is -2.44. The van der Waals surface area contributed by atoms with Crippen LogP contribution >= 0.6 is 0 Å². The number of benzene rings is 1. The number of ether oxygens (including phenoxy) is 1. The summed E-state index contributed by atoms with van der Waals surface area (Å²) in [4.78, 5) is 7.22. The number of morpholine rings is 1. The van der Waals surface area contributed by atoms with Crippen LogP contribution in [0, 0.1) is 0 Å². The van der Waals surface area contributed by atoms with E-state index >= 15 is 0 Å². The molecule has 1 aliphatic heterocycles. The SMILES string of the molecule is CCNC(=NCC(CC)c1ccccc1)NCCN1CCOCC1. The maximum Gasteiger partial charge on any atom is 0.191 e. The molecule has 1 unspecified atom stereocenters. The van der Waals surface area contributed by atoms with Crippen molar-refractivity contribution in [2.45, 2.75) is 26.2 Å². The van der Waals surface area contributed by atoms with Crippen molar-refractivity contribution < 1.29 is 4.74 Å². The Kier molecular flexibility index (Phi) is 8.63. The molecule has 0 amide bonds. The van der Waals surface area contributed by atoms with Crippen molar-refractivity contribution in [1.29, 1.82) is 0 Å². The molecule has 1 heterocycles. The van der Waals surface area contributed by atoms with E-state index in [-0.39, 0.29) is 0 Å². The lowest BCUT2D eigenvalue weighted by atomic mass is 9.97. The van der Waals surface area contributed by atoms with Crippen LogP contribution < -0.4 is 10.6 Å². The highest BCUT2D eigenvalue weighted by molar-refractivity contribution is 5.79. The molecule has 0 radical (unpaired) electrons. The molecule has 5 nitrogen and oxygen atoms in total. The zero-order chi connectivity index (χ0) is 17.0. The Morgan fingerprint density at radius 2 is 1.92 bits per heavy atom. The largest absolute Gasteiger partial charge is 0.379 e. The Balaban J connectivity index is 1.82. The van der Waals surface area contributed by atoms with Gasteiger partial charge in [-0.2, -0.15) is 0 Å². The summed E-state index contributed by atoms with van der Waals surface area (Å²) in [7, 11) is 0.